The molecular formula is C45H48Si. The van der Waals surface area contributed by atoms with Crippen molar-refractivity contribution in [3.05, 3.63) is 165 Å². The molecule has 232 valence electrons. The van der Waals surface area contributed by atoms with Gasteiger partial charge in [-0.1, -0.05) is 145 Å². The van der Waals surface area contributed by atoms with E-state index >= 15 is 0 Å². The number of hydrogen-bond acceptors (Lipinski definition) is 0. The van der Waals surface area contributed by atoms with E-state index < -0.39 is 9.52 Å². The zero-order chi connectivity index (χ0) is 32.4. The number of hydrogen-bond donors (Lipinski definition) is 0. The second kappa shape index (κ2) is 13.7. The summed E-state index contributed by atoms with van der Waals surface area (Å²) in [6.45, 7) is 16.3. The summed E-state index contributed by atoms with van der Waals surface area (Å²) in [5, 5.41) is 1.52. The van der Waals surface area contributed by atoms with Crippen LogP contribution >= 0.6 is 0 Å². The summed E-state index contributed by atoms with van der Waals surface area (Å²) in [6.07, 6.45) is 2.13. The van der Waals surface area contributed by atoms with Gasteiger partial charge < -0.3 is 0 Å². The van der Waals surface area contributed by atoms with Gasteiger partial charge in [-0.3, -0.25) is 0 Å². The van der Waals surface area contributed by atoms with Gasteiger partial charge in [-0.25, -0.2) is 0 Å². The summed E-state index contributed by atoms with van der Waals surface area (Å²) in [4.78, 5) is 0. The van der Waals surface area contributed by atoms with Gasteiger partial charge in [-0.15, -0.1) is 0 Å². The van der Waals surface area contributed by atoms with E-state index in [0.717, 1.165) is 12.8 Å². The SMILES string of the molecule is CCc1cc(CC)cc(C2=C(C)C(C)=C(C)C2C([SiH2]c2cc(-c3ccccc3)cc(-c3ccccc3)c2)c2cc(C)cc(C)c2)c1. The van der Waals surface area contributed by atoms with Gasteiger partial charge in [0.25, 0.3) is 0 Å². The van der Waals surface area contributed by atoms with Gasteiger partial charge in [0.2, 0.25) is 0 Å². The Balaban J connectivity index is 1.55. The first kappa shape index (κ1) is 31.8. The number of rotatable bonds is 9. The highest BCUT2D eigenvalue weighted by Gasteiger charge is 2.36. The van der Waals surface area contributed by atoms with Crippen LogP contribution in [0, 0.1) is 19.8 Å². The molecule has 0 aromatic heterocycles. The molecule has 5 aromatic carbocycles. The molecule has 0 spiro atoms. The number of aryl methyl sites for hydroxylation is 4. The van der Waals surface area contributed by atoms with Crippen molar-refractivity contribution in [2.45, 2.75) is 66.8 Å². The minimum absolute atomic E-state index is 0.366. The van der Waals surface area contributed by atoms with Crippen LogP contribution < -0.4 is 5.19 Å². The lowest BCUT2D eigenvalue weighted by Gasteiger charge is -2.30. The monoisotopic (exact) mass is 616 g/mol. The fourth-order valence-electron chi connectivity index (χ4n) is 7.72. The average molecular weight is 617 g/mol. The van der Waals surface area contributed by atoms with Gasteiger partial charge in [0.05, 0.1) is 9.52 Å². The molecule has 0 heterocycles. The van der Waals surface area contributed by atoms with Crippen LogP contribution in [0.25, 0.3) is 27.8 Å². The van der Waals surface area contributed by atoms with Crippen molar-refractivity contribution in [3.63, 3.8) is 0 Å². The quantitative estimate of drug-likeness (QED) is 0.145. The first-order chi connectivity index (χ1) is 22.2. The fourth-order valence-corrected chi connectivity index (χ4v) is 10.2. The van der Waals surface area contributed by atoms with Crippen molar-refractivity contribution in [2.24, 2.45) is 5.92 Å². The van der Waals surface area contributed by atoms with Crippen LogP contribution in [0.1, 0.15) is 73.5 Å². The molecule has 0 N–H and O–H groups in total. The van der Waals surface area contributed by atoms with Crippen molar-refractivity contribution >= 4 is 20.3 Å². The second-order valence-electron chi connectivity index (χ2n) is 13.5. The Morgan fingerprint density at radius 2 is 1.04 bits per heavy atom. The van der Waals surface area contributed by atoms with E-state index in [2.05, 4.69) is 164 Å². The van der Waals surface area contributed by atoms with Crippen molar-refractivity contribution in [1.82, 2.24) is 0 Å². The minimum Gasteiger partial charge on any atom is -0.0650 e. The van der Waals surface area contributed by atoms with Gasteiger partial charge in [0.15, 0.2) is 0 Å². The summed E-state index contributed by atoms with van der Waals surface area (Å²) in [6, 6.07) is 43.9. The Hall–Kier alpha value is -4.20. The highest BCUT2D eigenvalue weighted by Crippen LogP contribution is 2.49. The smallest absolute Gasteiger partial charge is 0.0636 e. The molecule has 0 bridgehead atoms. The summed E-state index contributed by atoms with van der Waals surface area (Å²) in [7, 11) is -0.822. The third kappa shape index (κ3) is 6.53. The van der Waals surface area contributed by atoms with E-state index in [0.29, 0.717) is 11.5 Å². The van der Waals surface area contributed by atoms with Crippen LogP contribution in [-0.2, 0) is 12.8 Å². The standard InChI is InChI=1S/C45H48Si/c1-8-34-23-35(9-2)25-40(24-34)43-32(6)31(5)33(7)44(43)45(41-21-29(3)20-30(4)22-41)46-42-27-38(36-16-12-10-13-17-36)26-39(28-42)37-18-14-11-15-19-37/h10-28,44-45H,8-9,46H2,1-7H3. The van der Waals surface area contributed by atoms with E-state index in [4.69, 9.17) is 0 Å². The van der Waals surface area contributed by atoms with E-state index in [1.807, 2.05) is 0 Å². The highest BCUT2D eigenvalue weighted by atomic mass is 28.2. The zero-order valence-corrected chi connectivity index (χ0v) is 30.2. The van der Waals surface area contributed by atoms with Gasteiger partial charge >= 0.3 is 0 Å². The molecule has 46 heavy (non-hydrogen) atoms. The van der Waals surface area contributed by atoms with Gasteiger partial charge in [-0.05, 0) is 120 Å². The minimum atomic E-state index is -0.822. The third-order valence-corrected chi connectivity index (χ3v) is 12.5. The van der Waals surface area contributed by atoms with E-state index in [1.165, 1.54) is 72.0 Å². The van der Waals surface area contributed by atoms with Crippen molar-refractivity contribution < 1.29 is 0 Å². The molecular weight excluding hydrogens is 569 g/mol. The van der Waals surface area contributed by atoms with Crippen molar-refractivity contribution in [3.8, 4) is 22.3 Å². The van der Waals surface area contributed by atoms with Gasteiger partial charge in [0, 0.05) is 5.92 Å². The second-order valence-corrected chi connectivity index (χ2v) is 15.6. The molecule has 0 radical (unpaired) electrons. The maximum Gasteiger partial charge on any atom is 0.0636 e. The lowest BCUT2D eigenvalue weighted by Crippen LogP contribution is -2.29. The van der Waals surface area contributed by atoms with E-state index in [1.54, 1.807) is 11.1 Å². The summed E-state index contributed by atoms with van der Waals surface area (Å²) >= 11 is 0. The van der Waals surface area contributed by atoms with Crippen molar-refractivity contribution in [2.75, 3.05) is 0 Å². The Kier molecular flexibility index (Phi) is 9.43. The predicted octanol–water partition coefficient (Wildman–Crippen LogP) is 10.7. The van der Waals surface area contributed by atoms with Crippen LogP contribution in [0.15, 0.2) is 132 Å². The average Bonchev–Trinajstić information content (AvgIpc) is 3.30. The lowest BCUT2D eigenvalue weighted by atomic mass is 9.83. The molecule has 2 unspecified atom stereocenters. The van der Waals surface area contributed by atoms with Crippen molar-refractivity contribution in [1.29, 1.82) is 0 Å². The van der Waals surface area contributed by atoms with Gasteiger partial charge in [-0.2, -0.15) is 0 Å². The Morgan fingerprint density at radius 1 is 0.522 bits per heavy atom. The summed E-state index contributed by atoms with van der Waals surface area (Å²) in [5.41, 5.74) is 20.2. The molecule has 0 aliphatic heterocycles. The normalized spacial score (nSPS) is 15.8. The van der Waals surface area contributed by atoms with E-state index in [-0.39, 0.29) is 0 Å². The maximum atomic E-state index is 2.51. The van der Waals surface area contributed by atoms with E-state index in [9.17, 15) is 0 Å². The predicted molar refractivity (Wildman–Crippen MR) is 204 cm³/mol. The third-order valence-electron chi connectivity index (χ3n) is 10.3. The Bertz CT molecular complexity index is 1820. The lowest BCUT2D eigenvalue weighted by molar-refractivity contribution is 0.743. The van der Waals surface area contributed by atoms with Gasteiger partial charge in [0.1, 0.15) is 0 Å². The first-order valence-corrected chi connectivity index (χ1v) is 18.6. The molecule has 6 rings (SSSR count). The molecule has 2 atom stereocenters. The molecule has 0 amide bonds. The molecule has 0 saturated heterocycles. The van der Waals surface area contributed by atoms with Crippen LogP contribution in [0.5, 0.6) is 0 Å². The molecule has 0 saturated carbocycles. The molecule has 0 fully saturated rings. The van der Waals surface area contributed by atoms with Crippen LogP contribution in [0.3, 0.4) is 0 Å². The van der Waals surface area contributed by atoms with Crippen LogP contribution in [-0.4, -0.2) is 9.52 Å². The number of allylic oxidation sites excluding steroid dienone is 4. The fraction of sp³-hybridized carbons (Fsp3) is 0.244. The molecule has 1 heteroatoms. The van der Waals surface area contributed by atoms with Crippen LogP contribution in [0.2, 0.25) is 0 Å². The Labute approximate surface area is 279 Å². The summed E-state index contributed by atoms with van der Waals surface area (Å²) < 4.78 is 0. The topological polar surface area (TPSA) is 0 Å². The Morgan fingerprint density at radius 3 is 1.54 bits per heavy atom. The molecule has 5 aromatic rings. The highest BCUT2D eigenvalue weighted by molar-refractivity contribution is 6.55. The largest absolute Gasteiger partial charge is 0.0650 e. The zero-order valence-electron chi connectivity index (χ0n) is 28.7. The first-order valence-electron chi connectivity index (χ1n) is 17.1. The molecule has 1 aliphatic carbocycles. The molecule has 0 nitrogen and oxygen atoms in total. The number of benzene rings is 5. The molecule has 1 aliphatic rings. The van der Waals surface area contributed by atoms with Crippen LogP contribution in [0.4, 0.5) is 0 Å². The maximum absolute atomic E-state index is 2.51. The summed E-state index contributed by atoms with van der Waals surface area (Å²) in [5.74, 6) is 0.366.